The van der Waals surface area contributed by atoms with Gasteiger partial charge in [0.25, 0.3) is 5.69 Å². The molecule has 2 rings (SSSR count). The molecule has 23 heavy (non-hydrogen) atoms. The van der Waals surface area contributed by atoms with Gasteiger partial charge in [-0.25, -0.2) is 13.1 Å². The van der Waals surface area contributed by atoms with Gasteiger partial charge in [0.05, 0.1) is 9.82 Å². The number of hydrogen-bond acceptors (Lipinski definition) is 5. The smallest absolute Gasteiger partial charge is 0.270 e. The second-order valence-corrected chi connectivity index (χ2v) is 8.17. The van der Waals surface area contributed by atoms with Crippen molar-refractivity contribution in [2.45, 2.75) is 43.7 Å². The molecule has 1 aromatic rings. The van der Waals surface area contributed by atoms with Crippen LogP contribution in [0.1, 0.15) is 27.2 Å². The van der Waals surface area contributed by atoms with Crippen LogP contribution in [0.4, 0.5) is 5.69 Å². The van der Waals surface area contributed by atoms with E-state index < -0.39 is 21.0 Å². The largest absolute Gasteiger partial charge is 0.336 e. The van der Waals surface area contributed by atoms with Crippen molar-refractivity contribution in [1.82, 2.24) is 9.62 Å². The third-order valence-electron chi connectivity index (χ3n) is 3.60. The third kappa shape index (κ3) is 3.85. The van der Waals surface area contributed by atoms with Gasteiger partial charge in [0.2, 0.25) is 15.9 Å². The van der Waals surface area contributed by atoms with Crippen molar-refractivity contribution in [1.29, 1.82) is 0 Å². The monoisotopic (exact) mass is 341 g/mol. The first-order chi connectivity index (χ1) is 10.5. The topological polar surface area (TPSA) is 110 Å². The minimum absolute atomic E-state index is 0.0748. The summed E-state index contributed by atoms with van der Waals surface area (Å²) in [6.07, 6.45) is 0.0748. The lowest BCUT2D eigenvalue weighted by atomic mass is 10.1. The van der Waals surface area contributed by atoms with Crippen molar-refractivity contribution >= 4 is 21.6 Å². The van der Waals surface area contributed by atoms with E-state index in [1.807, 2.05) is 20.8 Å². The van der Waals surface area contributed by atoms with E-state index in [0.717, 1.165) is 6.07 Å². The number of benzene rings is 1. The highest BCUT2D eigenvalue weighted by atomic mass is 32.2. The SMILES string of the molecule is CC(C)(C)N1CC(NS(=O)(=O)c2cccc([N+](=O)[O-])c2)CC1=O. The highest BCUT2D eigenvalue weighted by Gasteiger charge is 2.38. The van der Waals surface area contributed by atoms with E-state index in [0.29, 0.717) is 0 Å². The number of nitro groups is 1. The van der Waals surface area contributed by atoms with E-state index >= 15 is 0 Å². The van der Waals surface area contributed by atoms with Crippen LogP contribution in [0.15, 0.2) is 29.2 Å². The molecule has 0 radical (unpaired) electrons. The van der Waals surface area contributed by atoms with Gasteiger partial charge in [0.1, 0.15) is 0 Å². The van der Waals surface area contributed by atoms with E-state index in [4.69, 9.17) is 0 Å². The average Bonchev–Trinajstić information content (AvgIpc) is 2.79. The molecule has 126 valence electrons. The number of rotatable bonds is 4. The predicted molar refractivity (Wildman–Crippen MR) is 83.3 cm³/mol. The lowest BCUT2D eigenvalue weighted by molar-refractivity contribution is -0.385. The molecule has 1 aromatic carbocycles. The number of nitrogens with one attached hydrogen (secondary N) is 1. The highest BCUT2D eigenvalue weighted by molar-refractivity contribution is 7.89. The molecule has 1 saturated heterocycles. The van der Waals surface area contributed by atoms with Crippen LogP contribution in [0, 0.1) is 10.1 Å². The molecular weight excluding hydrogens is 322 g/mol. The summed E-state index contributed by atoms with van der Waals surface area (Å²) in [4.78, 5) is 23.5. The summed E-state index contributed by atoms with van der Waals surface area (Å²) in [6, 6.07) is 4.27. The Morgan fingerprint density at radius 1 is 1.35 bits per heavy atom. The van der Waals surface area contributed by atoms with Crippen LogP contribution in [-0.2, 0) is 14.8 Å². The normalized spacial score (nSPS) is 19.2. The summed E-state index contributed by atoms with van der Waals surface area (Å²) in [5.41, 5.74) is -0.685. The molecule has 1 N–H and O–H groups in total. The molecule has 0 bridgehead atoms. The first-order valence-corrected chi connectivity index (χ1v) is 8.56. The van der Waals surface area contributed by atoms with Crippen LogP contribution >= 0.6 is 0 Å². The number of carbonyl (C=O) groups is 1. The number of carbonyl (C=O) groups excluding carboxylic acids is 1. The summed E-state index contributed by atoms with van der Waals surface area (Å²) < 4.78 is 27.2. The molecule has 8 nitrogen and oxygen atoms in total. The van der Waals surface area contributed by atoms with Crippen molar-refractivity contribution in [2.75, 3.05) is 6.54 Å². The maximum atomic E-state index is 12.4. The fourth-order valence-corrected chi connectivity index (χ4v) is 3.75. The number of hydrogen-bond donors (Lipinski definition) is 1. The van der Waals surface area contributed by atoms with Crippen LogP contribution < -0.4 is 4.72 Å². The number of sulfonamides is 1. The van der Waals surface area contributed by atoms with Crippen LogP contribution in [0.2, 0.25) is 0 Å². The van der Waals surface area contributed by atoms with Gasteiger partial charge < -0.3 is 4.90 Å². The van der Waals surface area contributed by atoms with E-state index in [9.17, 15) is 23.3 Å². The molecule has 0 aromatic heterocycles. The zero-order valence-electron chi connectivity index (χ0n) is 13.1. The summed E-state index contributed by atoms with van der Waals surface area (Å²) in [5, 5.41) is 10.8. The van der Waals surface area contributed by atoms with Gasteiger partial charge in [0, 0.05) is 36.7 Å². The standard InChI is InChI=1S/C14H19N3O5S/c1-14(2,3)16-9-10(7-13(16)18)15-23(21,22)12-6-4-5-11(8-12)17(19)20/h4-6,8,10,15H,7,9H2,1-3H3. The van der Waals surface area contributed by atoms with E-state index in [2.05, 4.69) is 4.72 Å². The Balaban J connectivity index is 2.18. The molecule has 1 heterocycles. The first-order valence-electron chi connectivity index (χ1n) is 7.08. The quantitative estimate of drug-likeness (QED) is 0.655. The van der Waals surface area contributed by atoms with Crippen LogP contribution in [-0.4, -0.2) is 42.3 Å². The summed E-state index contributed by atoms with van der Waals surface area (Å²) in [5.74, 6) is -0.121. The number of non-ortho nitro benzene ring substituents is 1. The molecule has 1 unspecified atom stereocenters. The Bertz CT molecular complexity index is 739. The fourth-order valence-electron chi connectivity index (χ4n) is 2.49. The highest BCUT2D eigenvalue weighted by Crippen LogP contribution is 2.24. The molecule has 0 spiro atoms. The maximum Gasteiger partial charge on any atom is 0.270 e. The average molecular weight is 341 g/mol. The molecule has 1 atom stereocenters. The molecular formula is C14H19N3O5S. The molecule has 1 aliphatic rings. The van der Waals surface area contributed by atoms with Crippen LogP contribution in [0.3, 0.4) is 0 Å². The van der Waals surface area contributed by atoms with E-state index in [1.54, 1.807) is 4.90 Å². The lowest BCUT2D eigenvalue weighted by Gasteiger charge is -2.32. The minimum atomic E-state index is -3.93. The van der Waals surface area contributed by atoms with E-state index in [1.165, 1.54) is 18.2 Å². The maximum absolute atomic E-state index is 12.4. The minimum Gasteiger partial charge on any atom is -0.336 e. The van der Waals surface area contributed by atoms with Gasteiger partial charge in [-0.05, 0) is 26.8 Å². The van der Waals surface area contributed by atoms with Gasteiger partial charge in [-0.1, -0.05) is 6.07 Å². The van der Waals surface area contributed by atoms with Crippen molar-refractivity contribution in [3.63, 3.8) is 0 Å². The van der Waals surface area contributed by atoms with Crippen molar-refractivity contribution < 1.29 is 18.1 Å². The fraction of sp³-hybridized carbons (Fsp3) is 0.500. The Labute approximate surface area is 134 Å². The number of nitro benzene ring substituents is 1. The molecule has 0 saturated carbocycles. The van der Waals surface area contributed by atoms with Crippen molar-refractivity contribution in [3.05, 3.63) is 34.4 Å². The van der Waals surface area contributed by atoms with Gasteiger partial charge in [0.15, 0.2) is 0 Å². The lowest BCUT2D eigenvalue weighted by Crippen LogP contribution is -2.44. The summed E-state index contributed by atoms with van der Waals surface area (Å²) in [6.45, 7) is 5.91. The van der Waals surface area contributed by atoms with E-state index in [-0.39, 0.29) is 35.0 Å². The summed E-state index contributed by atoms with van der Waals surface area (Å²) in [7, 11) is -3.93. The molecule has 1 aliphatic heterocycles. The summed E-state index contributed by atoms with van der Waals surface area (Å²) >= 11 is 0. The van der Waals surface area contributed by atoms with Crippen molar-refractivity contribution in [3.8, 4) is 0 Å². The molecule has 9 heteroatoms. The first kappa shape index (κ1) is 17.4. The van der Waals surface area contributed by atoms with Gasteiger partial charge in [-0.15, -0.1) is 0 Å². The number of amides is 1. The number of likely N-dealkylation sites (tertiary alicyclic amines) is 1. The number of nitrogens with zero attached hydrogens (tertiary/aromatic N) is 2. The van der Waals surface area contributed by atoms with Gasteiger partial charge in [-0.3, -0.25) is 14.9 Å². The Morgan fingerprint density at radius 2 is 2.00 bits per heavy atom. The molecule has 1 amide bonds. The molecule has 0 aliphatic carbocycles. The predicted octanol–water partition coefficient (Wildman–Crippen LogP) is 1.27. The van der Waals surface area contributed by atoms with Crippen LogP contribution in [0.5, 0.6) is 0 Å². The zero-order chi connectivity index (χ0) is 17.4. The third-order valence-corrected chi connectivity index (χ3v) is 5.11. The van der Waals surface area contributed by atoms with Gasteiger partial charge in [-0.2, -0.15) is 0 Å². The molecule has 1 fully saturated rings. The second-order valence-electron chi connectivity index (χ2n) is 6.45. The van der Waals surface area contributed by atoms with Gasteiger partial charge >= 0.3 is 0 Å². The Kier molecular flexibility index (Phi) is 4.45. The Hall–Kier alpha value is -2.00. The second kappa shape index (κ2) is 5.89. The Morgan fingerprint density at radius 3 is 2.52 bits per heavy atom. The van der Waals surface area contributed by atoms with Crippen molar-refractivity contribution in [2.24, 2.45) is 0 Å². The zero-order valence-corrected chi connectivity index (χ0v) is 14.0. The van der Waals surface area contributed by atoms with Crippen LogP contribution in [0.25, 0.3) is 0 Å².